The molecule has 2 heteroatoms. The Morgan fingerprint density at radius 1 is 1.45 bits per heavy atom. The Labute approximate surface area is 68.8 Å². The average molecular weight is 150 g/mol. The van der Waals surface area contributed by atoms with Crippen molar-refractivity contribution >= 4 is 0 Å². The Balaban J connectivity index is 3.56. The first kappa shape index (κ1) is 10.0. The number of rotatable bonds is 4. The third-order valence-corrected chi connectivity index (χ3v) is 1.47. The predicted octanol–water partition coefficient (Wildman–Crippen LogP) is 1.25. The van der Waals surface area contributed by atoms with Gasteiger partial charge in [-0.15, -0.1) is 5.92 Å². The summed E-state index contributed by atoms with van der Waals surface area (Å²) in [5.74, 6) is 5.81. The van der Waals surface area contributed by atoms with Crippen molar-refractivity contribution in [3.05, 3.63) is 0 Å². The summed E-state index contributed by atoms with van der Waals surface area (Å²) in [5.41, 5.74) is 0. The first-order valence-electron chi connectivity index (χ1n) is 3.84. The van der Waals surface area contributed by atoms with E-state index in [0.29, 0.717) is 6.42 Å². The maximum absolute atomic E-state index is 8.32. The van der Waals surface area contributed by atoms with Gasteiger partial charge in [0.1, 0.15) is 0 Å². The van der Waals surface area contributed by atoms with E-state index < -0.39 is 0 Å². The van der Waals surface area contributed by atoms with Gasteiger partial charge in [-0.1, -0.05) is 12.8 Å². The summed E-state index contributed by atoms with van der Waals surface area (Å²) >= 11 is 0. The van der Waals surface area contributed by atoms with Crippen molar-refractivity contribution in [2.45, 2.75) is 20.3 Å². The Bertz CT molecular complexity index is 180. The van der Waals surface area contributed by atoms with Crippen molar-refractivity contribution in [3.8, 4) is 17.9 Å². The summed E-state index contributed by atoms with van der Waals surface area (Å²) in [6, 6.07) is 2.12. The number of nitrogens with zero attached hydrogens (tertiary/aromatic N) is 2. The standard InChI is InChI=1S/C9H14N2/c1-3-5-8-11(4-2)9-6-7-10/h4,6,8-9H2,1-2H3. The Morgan fingerprint density at radius 3 is 2.64 bits per heavy atom. The summed E-state index contributed by atoms with van der Waals surface area (Å²) in [6.45, 7) is 6.50. The van der Waals surface area contributed by atoms with Crippen LogP contribution in [0.25, 0.3) is 0 Å². The molecule has 60 valence electrons. The molecule has 0 saturated carbocycles. The minimum Gasteiger partial charge on any atom is -0.292 e. The molecule has 0 fully saturated rings. The fourth-order valence-corrected chi connectivity index (χ4v) is 0.748. The van der Waals surface area contributed by atoms with Crippen molar-refractivity contribution < 1.29 is 0 Å². The number of hydrogen-bond donors (Lipinski definition) is 0. The molecule has 0 aromatic carbocycles. The zero-order chi connectivity index (χ0) is 8.53. The quantitative estimate of drug-likeness (QED) is 0.564. The van der Waals surface area contributed by atoms with E-state index in [2.05, 4.69) is 29.7 Å². The Morgan fingerprint density at radius 2 is 2.18 bits per heavy atom. The third kappa shape index (κ3) is 5.45. The van der Waals surface area contributed by atoms with Gasteiger partial charge >= 0.3 is 0 Å². The summed E-state index contributed by atoms with van der Waals surface area (Å²) in [6.07, 6.45) is 0.596. The van der Waals surface area contributed by atoms with Crippen LogP contribution in [0.3, 0.4) is 0 Å². The van der Waals surface area contributed by atoms with E-state index in [-0.39, 0.29) is 0 Å². The molecular weight excluding hydrogens is 136 g/mol. The van der Waals surface area contributed by atoms with E-state index in [9.17, 15) is 0 Å². The molecule has 0 unspecified atom stereocenters. The highest BCUT2D eigenvalue weighted by Crippen LogP contribution is 1.88. The van der Waals surface area contributed by atoms with Gasteiger partial charge in [0.15, 0.2) is 0 Å². The lowest BCUT2D eigenvalue weighted by Gasteiger charge is -2.14. The SMILES string of the molecule is CC#CCN(CC)CCC#N. The molecule has 0 bridgehead atoms. The van der Waals surface area contributed by atoms with Gasteiger partial charge in [-0.25, -0.2) is 0 Å². The van der Waals surface area contributed by atoms with Crippen LogP contribution >= 0.6 is 0 Å². The van der Waals surface area contributed by atoms with Crippen LogP contribution in [0.2, 0.25) is 0 Å². The lowest BCUT2D eigenvalue weighted by atomic mass is 10.4. The van der Waals surface area contributed by atoms with Gasteiger partial charge < -0.3 is 0 Å². The van der Waals surface area contributed by atoms with Crippen LogP contribution in [0.5, 0.6) is 0 Å². The molecule has 0 heterocycles. The van der Waals surface area contributed by atoms with Crippen LogP contribution < -0.4 is 0 Å². The molecule has 0 aliphatic carbocycles. The van der Waals surface area contributed by atoms with E-state index >= 15 is 0 Å². The van der Waals surface area contributed by atoms with Gasteiger partial charge in [-0.05, 0) is 13.5 Å². The summed E-state index contributed by atoms with van der Waals surface area (Å²) in [5, 5.41) is 8.32. The van der Waals surface area contributed by atoms with E-state index in [4.69, 9.17) is 5.26 Å². The van der Waals surface area contributed by atoms with Gasteiger partial charge in [0.25, 0.3) is 0 Å². The average Bonchev–Trinajstić information content (AvgIpc) is 2.05. The molecule has 0 aliphatic rings. The molecule has 0 atom stereocenters. The zero-order valence-electron chi connectivity index (χ0n) is 7.22. The Kier molecular flexibility index (Phi) is 6.48. The maximum atomic E-state index is 8.32. The van der Waals surface area contributed by atoms with E-state index in [1.54, 1.807) is 0 Å². The molecule has 0 spiro atoms. The maximum Gasteiger partial charge on any atom is 0.0635 e. The van der Waals surface area contributed by atoms with Gasteiger partial charge in [0, 0.05) is 13.0 Å². The molecule has 0 aromatic heterocycles. The normalized spacial score (nSPS) is 8.55. The highest BCUT2D eigenvalue weighted by Gasteiger charge is 1.97. The first-order valence-corrected chi connectivity index (χ1v) is 3.84. The highest BCUT2D eigenvalue weighted by molar-refractivity contribution is 4.97. The number of nitriles is 1. The summed E-state index contributed by atoms with van der Waals surface area (Å²) in [7, 11) is 0. The second-order valence-electron chi connectivity index (χ2n) is 2.20. The number of hydrogen-bond acceptors (Lipinski definition) is 2. The van der Waals surface area contributed by atoms with E-state index in [0.717, 1.165) is 19.6 Å². The van der Waals surface area contributed by atoms with Crippen LogP contribution in [0.1, 0.15) is 20.3 Å². The van der Waals surface area contributed by atoms with Crippen molar-refractivity contribution in [1.29, 1.82) is 5.26 Å². The minimum absolute atomic E-state index is 0.596. The van der Waals surface area contributed by atoms with Crippen molar-refractivity contribution in [1.82, 2.24) is 4.90 Å². The van der Waals surface area contributed by atoms with Crippen molar-refractivity contribution in [2.75, 3.05) is 19.6 Å². The third-order valence-electron chi connectivity index (χ3n) is 1.47. The summed E-state index contributed by atoms with van der Waals surface area (Å²) in [4.78, 5) is 2.15. The van der Waals surface area contributed by atoms with Gasteiger partial charge in [0.2, 0.25) is 0 Å². The molecule has 0 radical (unpaired) electrons. The second-order valence-corrected chi connectivity index (χ2v) is 2.20. The van der Waals surface area contributed by atoms with E-state index in [1.807, 2.05) is 6.92 Å². The van der Waals surface area contributed by atoms with Crippen LogP contribution in [0.4, 0.5) is 0 Å². The molecule has 0 aliphatic heterocycles. The molecule has 0 amide bonds. The van der Waals surface area contributed by atoms with Crippen LogP contribution in [-0.4, -0.2) is 24.5 Å². The molecule has 0 N–H and O–H groups in total. The van der Waals surface area contributed by atoms with Gasteiger partial charge in [-0.3, -0.25) is 4.90 Å². The fraction of sp³-hybridized carbons (Fsp3) is 0.667. The highest BCUT2D eigenvalue weighted by atomic mass is 15.1. The van der Waals surface area contributed by atoms with Crippen molar-refractivity contribution in [3.63, 3.8) is 0 Å². The lowest BCUT2D eigenvalue weighted by Crippen LogP contribution is -2.24. The first-order chi connectivity index (χ1) is 5.35. The molecule has 0 saturated heterocycles. The van der Waals surface area contributed by atoms with Gasteiger partial charge in [-0.2, -0.15) is 5.26 Å². The Hall–Kier alpha value is -0.990. The minimum atomic E-state index is 0.596. The smallest absolute Gasteiger partial charge is 0.0635 e. The molecule has 11 heavy (non-hydrogen) atoms. The van der Waals surface area contributed by atoms with Crippen LogP contribution in [0.15, 0.2) is 0 Å². The van der Waals surface area contributed by atoms with Crippen molar-refractivity contribution in [2.24, 2.45) is 0 Å². The van der Waals surface area contributed by atoms with Crippen LogP contribution in [-0.2, 0) is 0 Å². The van der Waals surface area contributed by atoms with Crippen LogP contribution in [0, 0.1) is 23.2 Å². The zero-order valence-corrected chi connectivity index (χ0v) is 7.22. The molecule has 0 rings (SSSR count). The monoisotopic (exact) mass is 150 g/mol. The fourth-order valence-electron chi connectivity index (χ4n) is 0.748. The second kappa shape index (κ2) is 7.12. The molecule has 2 nitrogen and oxygen atoms in total. The predicted molar refractivity (Wildman–Crippen MR) is 45.8 cm³/mol. The van der Waals surface area contributed by atoms with Gasteiger partial charge in [0.05, 0.1) is 12.6 Å². The largest absolute Gasteiger partial charge is 0.292 e. The lowest BCUT2D eigenvalue weighted by molar-refractivity contribution is 0.332. The van der Waals surface area contributed by atoms with E-state index in [1.165, 1.54) is 0 Å². The molecular formula is C9H14N2. The molecule has 0 aromatic rings. The summed E-state index contributed by atoms with van der Waals surface area (Å²) < 4.78 is 0. The topological polar surface area (TPSA) is 27.0 Å².